The number of non-ortho nitro benzene ring substituents is 1. The number of carbonyl (C=O) groups excluding carboxylic acids is 1. The third-order valence-electron chi connectivity index (χ3n) is 3.63. The van der Waals surface area contributed by atoms with Gasteiger partial charge in [0.05, 0.1) is 4.92 Å². The molecule has 1 N–H and O–H groups in total. The van der Waals surface area contributed by atoms with Crippen molar-refractivity contribution < 1.29 is 9.72 Å². The quantitative estimate of drug-likeness (QED) is 0.527. The monoisotopic (exact) mass is 296 g/mol. The minimum Gasteiger partial charge on any atom is -0.352 e. The zero-order valence-corrected chi connectivity index (χ0v) is 12.0. The summed E-state index contributed by atoms with van der Waals surface area (Å²) in [6.07, 6.45) is 3.09. The van der Waals surface area contributed by atoms with Crippen LogP contribution in [0.15, 0.2) is 18.2 Å². The molecule has 1 aliphatic rings. The van der Waals surface area contributed by atoms with E-state index in [1.807, 2.05) is 0 Å². The van der Waals surface area contributed by atoms with Crippen LogP contribution in [0.25, 0.3) is 0 Å². The van der Waals surface area contributed by atoms with Crippen molar-refractivity contribution in [2.75, 3.05) is 6.54 Å². The molecule has 0 heterocycles. The number of carbonyl (C=O) groups is 1. The van der Waals surface area contributed by atoms with Crippen LogP contribution in [0.1, 0.15) is 35.2 Å². The molecule has 0 spiro atoms. The predicted octanol–water partition coefficient (Wildman–Crippen LogP) is 3.04. The fraction of sp³-hybridized carbons (Fsp3) is 0.500. The van der Waals surface area contributed by atoms with Crippen LogP contribution in [-0.2, 0) is 0 Å². The van der Waals surface area contributed by atoms with Gasteiger partial charge in [-0.3, -0.25) is 14.9 Å². The number of alkyl halides is 1. The number of rotatable bonds is 4. The third kappa shape index (κ3) is 3.48. The Hall–Kier alpha value is -1.62. The van der Waals surface area contributed by atoms with Crippen LogP contribution in [-0.4, -0.2) is 22.8 Å². The summed E-state index contributed by atoms with van der Waals surface area (Å²) in [7, 11) is 0. The number of hydrogen-bond acceptors (Lipinski definition) is 3. The highest BCUT2D eigenvalue weighted by molar-refractivity contribution is 6.21. The van der Waals surface area contributed by atoms with Gasteiger partial charge in [-0.15, -0.1) is 11.6 Å². The van der Waals surface area contributed by atoms with E-state index in [4.69, 9.17) is 11.6 Å². The molecule has 6 heteroatoms. The molecule has 1 aliphatic carbocycles. The van der Waals surface area contributed by atoms with Gasteiger partial charge in [0.25, 0.3) is 11.6 Å². The Morgan fingerprint density at radius 2 is 2.20 bits per heavy atom. The lowest BCUT2D eigenvalue weighted by Crippen LogP contribution is -2.31. The molecule has 5 nitrogen and oxygen atoms in total. The lowest BCUT2D eigenvalue weighted by atomic mass is 10.1. The highest BCUT2D eigenvalue weighted by Gasteiger charge is 2.25. The van der Waals surface area contributed by atoms with Crippen LogP contribution >= 0.6 is 11.6 Å². The molecule has 108 valence electrons. The third-order valence-corrected chi connectivity index (χ3v) is 4.20. The minimum absolute atomic E-state index is 0.0637. The molecule has 20 heavy (non-hydrogen) atoms. The summed E-state index contributed by atoms with van der Waals surface area (Å²) >= 11 is 6.16. The Morgan fingerprint density at radius 3 is 2.80 bits per heavy atom. The number of benzene rings is 1. The smallest absolute Gasteiger partial charge is 0.270 e. The van der Waals surface area contributed by atoms with E-state index in [1.165, 1.54) is 12.1 Å². The molecule has 1 fully saturated rings. The van der Waals surface area contributed by atoms with Crippen LogP contribution in [0, 0.1) is 23.0 Å². The van der Waals surface area contributed by atoms with Crippen molar-refractivity contribution in [1.82, 2.24) is 5.32 Å². The second-order valence-electron chi connectivity index (χ2n) is 5.23. The number of aryl methyl sites for hydroxylation is 1. The van der Waals surface area contributed by atoms with E-state index in [-0.39, 0.29) is 17.0 Å². The SMILES string of the molecule is Cc1cc(C(=O)NCC2CCCC2Cl)cc([N+](=O)[O-])c1. The molecule has 1 aromatic rings. The molecule has 0 aromatic heterocycles. The molecule has 0 radical (unpaired) electrons. The van der Waals surface area contributed by atoms with Crippen molar-refractivity contribution in [3.8, 4) is 0 Å². The molecule has 2 unspecified atom stereocenters. The second kappa shape index (κ2) is 6.22. The number of nitrogens with zero attached hydrogens (tertiary/aromatic N) is 1. The number of nitro benzene ring substituents is 1. The van der Waals surface area contributed by atoms with Gasteiger partial charge in [0.2, 0.25) is 0 Å². The van der Waals surface area contributed by atoms with Crippen molar-refractivity contribution in [3.63, 3.8) is 0 Å². The first kappa shape index (κ1) is 14.8. The summed E-state index contributed by atoms with van der Waals surface area (Å²) in [6.45, 7) is 2.25. The zero-order chi connectivity index (χ0) is 14.7. The maximum atomic E-state index is 12.1. The molecule has 0 saturated heterocycles. The van der Waals surface area contributed by atoms with Gasteiger partial charge in [0.1, 0.15) is 0 Å². The van der Waals surface area contributed by atoms with Gasteiger partial charge in [-0.1, -0.05) is 6.42 Å². The Bertz CT molecular complexity index is 533. The summed E-state index contributed by atoms with van der Waals surface area (Å²) in [5, 5.41) is 13.7. The topological polar surface area (TPSA) is 72.2 Å². The molecule has 2 atom stereocenters. The predicted molar refractivity (Wildman–Crippen MR) is 77.1 cm³/mol. The van der Waals surface area contributed by atoms with E-state index in [0.29, 0.717) is 23.6 Å². The van der Waals surface area contributed by atoms with Crippen molar-refractivity contribution in [1.29, 1.82) is 0 Å². The van der Waals surface area contributed by atoms with Crippen LogP contribution in [0.2, 0.25) is 0 Å². The first-order valence-electron chi connectivity index (χ1n) is 6.65. The average molecular weight is 297 g/mol. The highest BCUT2D eigenvalue weighted by atomic mass is 35.5. The fourth-order valence-electron chi connectivity index (χ4n) is 2.55. The minimum atomic E-state index is -0.491. The lowest BCUT2D eigenvalue weighted by Gasteiger charge is -2.14. The van der Waals surface area contributed by atoms with Crippen LogP contribution in [0.5, 0.6) is 0 Å². The highest BCUT2D eigenvalue weighted by Crippen LogP contribution is 2.29. The van der Waals surface area contributed by atoms with E-state index in [2.05, 4.69) is 5.32 Å². The molecule has 1 amide bonds. The van der Waals surface area contributed by atoms with E-state index in [9.17, 15) is 14.9 Å². The first-order valence-corrected chi connectivity index (χ1v) is 7.09. The average Bonchev–Trinajstić information content (AvgIpc) is 2.80. The largest absolute Gasteiger partial charge is 0.352 e. The second-order valence-corrected chi connectivity index (χ2v) is 5.79. The van der Waals surface area contributed by atoms with Gasteiger partial charge in [-0.05, 0) is 37.3 Å². The van der Waals surface area contributed by atoms with Crippen molar-refractivity contribution in [2.24, 2.45) is 5.92 Å². The normalized spacial score (nSPS) is 21.7. The standard InChI is InChI=1S/C14H17ClN2O3/c1-9-5-11(7-12(6-9)17(19)20)14(18)16-8-10-3-2-4-13(10)15/h5-7,10,13H,2-4,8H2,1H3,(H,16,18). The molecular formula is C14H17ClN2O3. The molecule has 0 bridgehead atoms. The van der Waals surface area contributed by atoms with Gasteiger partial charge in [-0.25, -0.2) is 0 Å². The van der Waals surface area contributed by atoms with E-state index < -0.39 is 4.92 Å². The Kier molecular flexibility index (Phi) is 4.60. The van der Waals surface area contributed by atoms with Gasteiger partial charge in [0.15, 0.2) is 0 Å². The maximum absolute atomic E-state index is 12.1. The number of halogens is 1. The zero-order valence-electron chi connectivity index (χ0n) is 11.3. The number of hydrogen-bond donors (Lipinski definition) is 1. The van der Waals surface area contributed by atoms with E-state index in [0.717, 1.165) is 19.3 Å². The summed E-state index contributed by atoms with van der Waals surface area (Å²) in [4.78, 5) is 22.4. The van der Waals surface area contributed by atoms with Crippen molar-refractivity contribution in [3.05, 3.63) is 39.4 Å². The Labute approximate surface area is 122 Å². The van der Waals surface area contributed by atoms with Gasteiger partial charge >= 0.3 is 0 Å². The van der Waals surface area contributed by atoms with Crippen molar-refractivity contribution in [2.45, 2.75) is 31.6 Å². The molecule has 1 saturated carbocycles. The number of nitro groups is 1. The van der Waals surface area contributed by atoms with Gasteiger partial charge in [-0.2, -0.15) is 0 Å². The van der Waals surface area contributed by atoms with E-state index >= 15 is 0 Å². The lowest BCUT2D eigenvalue weighted by molar-refractivity contribution is -0.384. The summed E-state index contributed by atoms with van der Waals surface area (Å²) in [6, 6.07) is 4.40. The Morgan fingerprint density at radius 1 is 1.45 bits per heavy atom. The van der Waals surface area contributed by atoms with Crippen LogP contribution in [0.4, 0.5) is 5.69 Å². The number of amides is 1. The first-order chi connectivity index (χ1) is 9.47. The summed E-state index contributed by atoms with van der Waals surface area (Å²) < 4.78 is 0. The van der Waals surface area contributed by atoms with Crippen LogP contribution < -0.4 is 5.32 Å². The Balaban J connectivity index is 2.03. The van der Waals surface area contributed by atoms with Crippen molar-refractivity contribution >= 4 is 23.2 Å². The number of nitrogens with one attached hydrogen (secondary N) is 1. The van der Waals surface area contributed by atoms with Gasteiger partial charge < -0.3 is 5.32 Å². The maximum Gasteiger partial charge on any atom is 0.270 e. The molecule has 2 rings (SSSR count). The molecule has 0 aliphatic heterocycles. The van der Waals surface area contributed by atoms with E-state index in [1.54, 1.807) is 13.0 Å². The summed E-state index contributed by atoms with van der Waals surface area (Å²) in [5.74, 6) is 0.00739. The van der Waals surface area contributed by atoms with Crippen LogP contribution in [0.3, 0.4) is 0 Å². The fourth-order valence-corrected chi connectivity index (χ4v) is 2.92. The molecule has 1 aromatic carbocycles. The molecular weight excluding hydrogens is 280 g/mol. The van der Waals surface area contributed by atoms with Gasteiger partial charge in [0, 0.05) is 29.6 Å². The summed E-state index contributed by atoms with van der Waals surface area (Å²) in [5.41, 5.74) is 0.951.